The average molecular weight is 424 g/mol. The van der Waals surface area contributed by atoms with Gasteiger partial charge in [-0.1, -0.05) is 19.4 Å². The molecule has 1 N–H and O–H groups in total. The SMILES string of the molecule is COC(=O)C(NC(=O)c1ccc(S(F)(F)(F)(F)F)cc1)C1(C=O)CB(C#N)C1. The van der Waals surface area contributed by atoms with Crippen LogP contribution in [0.1, 0.15) is 10.4 Å². The van der Waals surface area contributed by atoms with E-state index in [0.717, 1.165) is 7.11 Å². The summed E-state index contributed by atoms with van der Waals surface area (Å²) in [5, 5.41) is 11.1. The van der Waals surface area contributed by atoms with E-state index in [-0.39, 0.29) is 24.8 Å². The summed E-state index contributed by atoms with van der Waals surface area (Å²) in [6.45, 7) is -0.508. The summed E-state index contributed by atoms with van der Waals surface area (Å²) in [7, 11) is -8.88. The molecule has 2 rings (SSSR count). The summed E-state index contributed by atoms with van der Waals surface area (Å²) >= 11 is 0. The second-order valence-corrected chi connectivity index (χ2v) is 8.92. The minimum atomic E-state index is -9.88. The molecular weight excluding hydrogens is 410 g/mol. The second kappa shape index (κ2) is 6.20. The van der Waals surface area contributed by atoms with Crippen LogP contribution in [0.25, 0.3) is 0 Å². The molecule has 1 heterocycles. The molecule has 6 nitrogen and oxygen atoms in total. The number of hydrogen-bond donors (Lipinski definition) is 1. The van der Waals surface area contributed by atoms with Crippen molar-refractivity contribution in [2.24, 2.45) is 5.41 Å². The maximum Gasteiger partial charge on any atom is 0.329 e. The number of halogens is 5. The molecule has 1 aliphatic heterocycles. The van der Waals surface area contributed by atoms with Crippen molar-refractivity contribution in [1.29, 1.82) is 5.26 Å². The molecule has 0 radical (unpaired) electrons. The fourth-order valence-electron chi connectivity index (χ4n) is 2.98. The Kier molecular flexibility index (Phi) is 4.80. The zero-order valence-corrected chi connectivity index (χ0v) is 15.2. The van der Waals surface area contributed by atoms with Crippen molar-refractivity contribution in [1.82, 2.24) is 5.32 Å². The van der Waals surface area contributed by atoms with Gasteiger partial charge >= 0.3 is 16.2 Å². The molecule has 1 unspecified atom stereocenters. The molecule has 152 valence electrons. The van der Waals surface area contributed by atoms with Crippen molar-refractivity contribution in [3.63, 3.8) is 0 Å². The molecule has 0 aromatic heterocycles. The molecule has 0 spiro atoms. The predicted molar refractivity (Wildman–Crippen MR) is 90.6 cm³/mol. The summed E-state index contributed by atoms with van der Waals surface area (Å²) in [6, 6.07) is -0.294. The average Bonchev–Trinajstić information content (AvgIpc) is 2.57. The second-order valence-electron chi connectivity index (χ2n) is 6.51. The number of nitrogens with zero attached hydrogens (tertiary/aromatic N) is 1. The first kappa shape index (κ1) is 21.7. The quantitative estimate of drug-likeness (QED) is 0.327. The molecule has 28 heavy (non-hydrogen) atoms. The Morgan fingerprint density at radius 1 is 1.25 bits per heavy atom. The maximum atomic E-state index is 12.7. The van der Waals surface area contributed by atoms with Gasteiger partial charge in [-0.2, -0.15) is 0 Å². The van der Waals surface area contributed by atoms with E-state index in [9.17, 15) is 33.8 Å². The Hall–Kier alpha value is -2.62. The van der Waals surface area contributed by atoms with Crippen LogP contribution in [0.5, 0.6) is 0 Å². The number of aldehydes is 1. The lowest BCUT2D eigenvalue weighted by atomic mass is 9.26. The normalized spacial score (nSPS) is 19.1. The largest absolute Gasteiger partial charge is 0.467 e. The topological polar surface area (TPSA) is 96.3 Å². The van der Waals surface area contributed by atoms with Crippen LogP contribution in [0.2, 0.25) is 12.6 Å². The molecule has 0 saturated carbocycles. The summed E-state index contributed by atoms with van der Waals surface area (Å²) in [4.78, 5) is 33.6. The molecule has 1 fully saturated rings. The number of methoxy groups -OCH3 is 1. The minimum Gasteiger partial charge on any atom is -0.467 e. The Balaban J connectivity index is 2.27. The van der Waals surface area contributed by atoms with Gasteiger partial charge in [0.25, 0.3) is 12.6 Å². The lowest BCUT2D eigenvalue weighted by molar-refractivity contribution is -0.148. The van der Waals surface area contributed by atoms with Crippen molar-refractivity contribution in [3.05, 3.63) is 29.8 Å². The summed E-state index contributed by atoms with van der Waals surface area (Å²) < 4.78 is 68.3. The highest BCUT2D eigenvalue weighted by molar-refractivity contribution is 8.45. The number of amides is 1. The summed E-state index contributed by atoms with van der Waals surface area (Å²) in [5.41, 5.74) is -1.83. The molecule has 1 amide bonds. The fourth-order valence-corrected chi connectivity index (χ4v) is 3.63. The lowest BCUT2D eigenvalue weighted by Crippen LogP contribution is -2.60. The molecule has 1 aromatic rings. The van der Waals surface area contributed by atoms with Crippen LogP contribution in [0.15, 0.2) is 29.2 Å². The first-order valence-corrected chi connectivity index (χ1v) is 9.70. The van der Waals surface area contributed by atoms with Crippen molar-refractivity contribution in [3.8, 4) is 5.97 Å². The van der Waals surface area contributed by atoms with Gasteiger partial charge in [0.05, 0.1) is 7.11 Å². The first-order chi connectivity index (χ1) is 12.7. The third-order valence-electron chi connectivity index (χ3n) is 4.52. The van der Waals surface area contributed by atoms with E-state index >= 15 is 0 Å². The lowest BCUT2D eigenvalue weighted by Gasteiger charge is -2.43. The number of rotatable bonds is 6. The predicted octanol–water partition coefficient (Wildman–Crippen LogP) is 3.37. The van der Waals surface area contributed by atoms with Gasteiger partial charge in [-0.25, -0.2) is 10.1 Å². The van der Waals surface area contributed by atoms with E-state index < -0.39 is 50.7 Å². The van der Waals surface area contributed by atoms with Crippen LogP contribution in [0, 0.1) is 16.6 Å². The van der Waals surface area contributed by atoms with Crippen LogP contribution in [-0.4, -0.2) is 38.0 Å². The van der Waals surface area contributed by atoms with Gasteiger partial charge in [-0.3, -0.25) is 4.79 Å². The molecule has 13 heteroatoms. The third kappa shape index (κ3) is 4.27. The number of esters is 1. The smallest absolute Gasteiger partial charge is 0.329 e. The number of ether oxygens (including phenoxy) is 1. The van der Waals surface area contributed by atoms with Gasteiger partial charge in [0.2, 0.25) is 0 Å². The van der Waals surface area contributed by atoms with E-state index in [1.54, 1.807) is 0 Å². The van der Waals surface area contributed by atoms with E-state index in [1.165, 1.54) is 0 Å². The van der Waals surface area contributed by atoms with E-state index in [1.807, 2.05) is 5.97 Å². The monoisotopic (exact) mass is 424 g/mol. The Labute approximate surface area is 156 Å². The summed E-state index contributed by atoms with van der Waals surface area (Å²) in [5.74, 6) is -0.133. The van der Waals surface area contributed by atoms with Gasteiger partial charge in [0, 0.05) is 16.9 Å². The van der Waals surface area contributed by atoms with Crippen LogP contribution >= 0.6 is 10.2 Å². The number of benzene rings is 1. The van der Waals surface area contributed by atoms with Gasteiger partial charge in [-0.05, 0) is 36.9 Å². The molecule has 1 saturated heterocycles. The molecule has 0 bridgehead atoms. The van der Waals surface area contributed by atoms with Crippen LogP contribution in [0.4, 0.5) is 19.4 Å². The maximum absolute atomic E-state index is 12.7. The highest BCUT2D eigenvalue weighted by Crippen LogP contribution is 3.02. The minimum absolute atomic E-state index is 0.0177. The van der Waals surface area contributed by atoms with E-state index in [2.05, 4.69) is 10.1 Å². The number of carbonyl (C=O) groups excluding carboxylic acids is 3. The van der Waals surface area contributed by atoms with Crippen molar-refractivity contribution >= 4 is 35.1 Å². The van der Waals surface area contributed by atoms with Gasteiger partial charge in [0.15, 0.2) is 0 Å². The zero-order chi connectivity index (χ0) is 21.4. The molecular formula is C15H14BF5N2O4S. The molecule has 1 aliphatic rings. The number of nitriles is 1. The fraction of sp³-hybridized carbons (Fsp3) is 0.333. The zero-order valence-electron chi connectivity index (χ0n) is 14.3. The van der Waals surface area contributed by atoms with Crippen LogP contribution < -0.4 is 5.32 Å². The number of carbonyl (C=O) groups is 3. The summed E-state index contributed by atoms with van der Waals surface area (Å²) in [6.07, 6.45) is 0.381. The Morgan fingerprint density at radius 3 is 2.18 bits per heavy atom. The standard InChI is InChI=1S/C15H14BF5N2O4S/c1-27-14(26)12(15(8-24)6-16(7-15)9-22)23-13(25)10-2-4-11(5-3-10)28(17,18,19,20)21/h2-5,8,12H,6-7H2,1H3,(H,23,25). The van der Waals surface area contributed by atoms with Crippen molar-refractivity contribution < 1.29 is 38.5 Å². The van der Waals surface area contributed by atoms with Crippen molar-refractivity contribution in [2.45, 2.75) is 23.6 Å². The van der Waals surface area contributed by atoms with Crippen LogP contribution in [0.3, 0.4) is 0 Å². The third-order valence-corrected chi connectivity index (χ3v) is 5.68. The van der Waals surface area contributed by atoms with Gasteiger partial charge in [-0.15, -0.1) is 0 Å². The molecule has 0 aliphatic carbocycles. The molecule has 1 atom stereocenters. The first-order valence-electron chi connectivity index (χ1n) is 7.74. The number of hydrogen-bond acceptors (Lipinski definition) is 5. The molecule has 1 aromatic carbocycles. The van der Waals surface area contributed by atoms with Gasteiger partial charge in [0.1, 0.15) is 17.2 Å². The highest BCUT2D eigenvalue weighted by atomic mass is 32.5. The highest BCUT2D eigenvalue weighted by Gasteiger charge is 2.65. The van der Waals surface area contributed by atoms with Crippen molar-refractivity contribution in [2.75, 3.05) is 7.11 Å². The van der Waals surface area contributed by atoms with Crippen LogP contribution in [-0.2, 0) is 14.3 Å². The Morgan fingerprint density at radius 2 is 1.79 bits per heavy atom. The van der Waals surface area contributed by atoms with E-state index in [0.29, 0.717) is 18.4 Å². The number of nitrogens with one attached hydrogen (secondary N) is 1. The van der Waals surface area contributed by atoms with Gasteiger partial charge < -0.3 is 14.8 Å². The van der Waals surface area contributed by atoms with E-state index in [4.69, 9.17) is 5.26 Å². The Bertz CT molecular complexity index is 864.